The second-order valence-corrected chi connectivity index (χ2v) is 5.49. The molecule has 1 aromatic carbocycles. The van der Waals surface area contributed by atoms with E-state index in [-0.39, 0.29) is 24.8 Å². The zero-order valence-electron chi connectivity index (χ0n) is 13.4. The first-order valence-corrected chi connectivity index (χ1v) is 7.38. The highest BCUT2D eigenvalue weighted by Crippen LogP contribution is 2.33. The Bertz CT molecular complexity index is 631. The maximum Gasteiger partial charge on any atom is 0.326 e. The highest BCUT2D eigenvalue weighted by Gasteiger charge is 2.32. The van der Waals surface area contributed by atoms with Crippen LogP contribution in [0.1, 0.15) is 20.3 Å². The Balaban J connectivity index is 2.09. The fourth-order valence-corrected chi connectivity index (χ4v) is 2.35. The molecule has 7 heteroatoms. The molecule has 0 fully saturated rings. The number of fused-ring (bicyclic) bond motifs is 1. The predicted molar refractivity (Wildman–Crippen MR) is 83.4 cm³/mol. The van der Waals surface area contributed by atoms with E-state index in [1.807, 2.05) is 6.07 Å². The van der Waals surface area contributed by atoms with Gasteiger partial charge in [-0.1, -0.05) is 12.1 Å². The summed E-state index contributed by atoms with van der Waals surface area (Å²) in [5.41, 5.74) is 0.623. The average Bonchev–Trinajstić information content (AvgIpc) is 2.53. The highest BCUT2D eigenvalue weighted by molar-refractivity contribution is 6.00. The summed E-state index contributed by atoms with van der Waals surface area (Å²) in [5, 5.41) is 8.95. The van der Waals surface area contributed by atoms with Crippen molar-refractivity contribution in [1.82, 2.24) is 4.90 Å². The number of carbonyl (C=O) groups is 3. The molecule has 0 aliphatic carbocycles. The first-order valence-electron chi connectivity index (χ1n) is 7.38. The van der Waals surface area contributed by atoms with Gasteiger partial charge in [0, 0.05) is 20.0 Å². The van der Waals surface area contributed by atoms with Gasteiger partial charge >= 0.3 is 5.97 Å². The van der Waals surface area contributed by atoms with Crippen LogP contribution in [0, 0.1) is 0 Å². The Kier molecular flexibility index (Phi) is 4.88. The van der Waals surface area contributed by atoms with Crippen LogP contribution in [0.4, 0.5) is 5.69 Å². The molecule has 0 spiro atoms. The van der Waals surface area contributed by atoms with Crippen LogP contribution in [0.15, 0.2) is 24.3 Å². The minimum absolute atomic E-state index is 0.0426. The summed E-state index contributed by atoms with van der Waals surface area (Å²) in [6, 6.07) is 6.22. The maximum absolute atomic E-state index is 12.3. The molecule has 7 nitrogen and oxygen atoms in total. The normalized spacial score (nSPS) is 18.0. The number of carbonyl (C=O) groups excluding carboxylic acids is 2. The number of anilines is 1. The molecule has 1 N–H and O–H groups in total. The maximum atomic E-state index is 12.3. The van der Waals surface area contributed by atoms with E-state index in [0.29, 0.717) is 11.4 Å². The summed E-state index contributed by atoms with van der Waals surface area (Å²) >= 11 is 0. The van der Waals surface area contributed by atoms with Gasteiger partial charge in [0.25, 0.3) is 5.91 Å². The Morgan fingerprint density at radius 3 is 2.70 bits per heavy atom. The summed E-state index contributed by atoms with van der Waals surface area (Å²) in [6.07, 6.45) is -0.573. The van der Waals surface area contributed by atoms with Gasteiger partial charge in [0.15, 0.2) is 6.10 Å². The van der Waals surface area contributed by atoms with Crippen LogP contribution in [-0.2, 0) is 14.4 Å². The van der Waals surface area contributed by atoms with Gasteiger partial charge in [0.05, 0.1) is 5.69 Å². The van der Waals surface area contributed by atoms with Crippen LogP contribution < -0.4 is 9.64 Å². The molecule has 0 saturated carbocycles. The number of likely N-dealkylation sites (N-methyl/N-ethyl adjacent to an activating group) is 1. The second kappa shape index (κ2) is 6.68. The number of nitrogens with zero attached hydrogens (tertiary/aromatic N) is 2. The minimum Gasteiger partial charge on any atom is -0.480 e. The molecule has 0 bridgehead atoms. The van der Waals surface area contributed by atoms with E-state index < -0.39 is 18.1 Å². The fourth-order valence-electron chi connectivity index (χ4n) is 2.35. The van der Waals surface area contributed by atoms with Crippen molar-refractivity contribution in [2.24, 2.45) is 0 Å². The molecule has 0 aromatic heterocycles. The Morgan fingerprint density at radius 1 is 1.39 bits per heavy atom. The summed E-state index contributed by atoms with van der Waals surface area (Å²) in [5.74, 6) is -1.02. The molecule has 2 atom stereocenters. The standard InChI is InChI=1S/C16H20N2O5/c1-10(16(21)22)17(3)14(19)8-9-18-12-6-4-5-7-13(12)23-11(2)15(18)20/h4-7,10-11H,8-9H2,1-3H3,(H,21,22). The van der Waals surface area contributed by atoms with Crippen molar-refractivity contribution in [3.05, 3.63) is 24.3 Å². The van der Waals surface area contributed by atoms with Crippen LogP contribution in [0.2, 0.25) is 0 Å². The molecule has 2 rings (SSSR count). The van der Waals surface area contributed by atoms with E-state index >= 15 is 0 Å². The van der Waals surface area contributed by atoms with E-state index in [2.05, 4.69) is 0 Å². The summed E-state index contributed by atoms with van der Waals surface area (Å²) in [4.78, 5) is 38.0. The molecule has 2 amide bonds. The Morgan fingerprint density at radius 2 is 2.04 bits per heavy atom. The molecule has 23 heavy (non-hydrogen) atoms. The van der Waals surface area contributed by atoms with Crippen molar-refractivity contribution in [1.29, 1.82) is 0 Å². The largest absolute Gasteiger partial charge is 0.480 e. The van der Waals surface area contributed by atoms with E-state index in [1.54, 1.807) is 25.1 Å². The van der Waals surface area contributed by atoms with Crippen LogP contribution in [0.3, 0.4) is 0 Å². The van der Waals surface area contributed by atoms with Crippen molar-refractivity contribution >= 4 is 23.5 Å². The molecule has 1 aliphatic heterocycles. The van der Waals surface area contributed by atoms with E-state index in [0.717, 1.165) is 0 Å². The van der Waals surface area contributed by atoms with Gasteiger partial charge in [-0.15, -0.1) is 0 Å². The third-order valence-corrected chi connectivity index (χ3v) is 3.95. The number of aliphatic carboxylic acids is 1. The molecule has 1 heterocycles. The van der Waals surface area contributed by atoms with Gasteiger partial charge in [-0.25, -0.2) is 4.79 Å². The number of rotatable bonds is 5. The Labute approximate surface area is 134 Å². The molecule has 0 radical (unpaired) electrons. The number of carboxylic acids is 1. The average molecular weight is 320 g/mol. The molecule has 1 aliphatic rings. The number of amides is 2. The molecular weight excluding hydrogens is 300 g/mol. The number of hydrogen-bond donors (Lipinski definition) is 1. The summed E-state index contributed by atoms with van der Waals surface area (Å²) in [6.45, 7) is 3.28. The van der Waals surface area contributed by atoms with E-state index in [1.165, 1.54) is 23.8 Å². The number of hydrogen-bond acceptors (Lipinski definition) is 4. The van der Waals surface area contributed by atoms with Gasteiger partial charge in [-0.05, 0) is 26.0 Å². The highest BCUT2D eigenvalue weighted by atomic mass is 16.5. The number of para-hydroxylation sites is 2. The molecular formula is C16H20N2O5. The van der Waals surface area contributed by atoms with Gasteiger partial charge in [-0.3, -0.25) is 9.59 Å². The Hall–Kier alpha value is -2.57. The van der Waals surface area contributed by atoms with Gasteiger partial charge in [0.2, 0.25) is 5.91 Å². The van der Waals surface area contributed by atoms with Crippen LogP contribution in [0.25, 0.3) is 0 Å². The lowest BCUT2D eigenvalue weighted by Gasteiger charge is -2.33. The number of benzene rings is 1. The summed E-state index contributed by atoms with van der Waals surface area (Å²) < 4.78 is 5.53. The quantitative estimate of drug-likeness (QED) is 0.878. The third-order valence-electron chi connectivity index (χ3n) is 3.95. The van der Waals surface area contributed by atoms with Gasteiger partial charge in [-0.2, -0.15) is 0 Å². The molecule has 2 unspecified atom stereocenters. The van der Waals surface area contributed by atoms with Gasteiger partial charge in [0.1, 0.15) is 11.8 Å². The number of carboxylic acid groups (broad SMARTS) is 1. The zero-order valence-corrected chi connectivity index (χ0v) is 13.4. The van der Waals surface area contributed by atoms with E-state index in [9.17, 15) is 14.4 Å². The molecule has 0 saturated heterocycles. The van der Waals surface area contributed by atoms with Crippen LogP contribution in [-0.4, -0.2) is 53.5 Å². The lowest BCUT2D eigenvalue weighted by molar-refractivity contribution is -0.148. The fraction of sp³-hybridized carbons (Fsp3) is 0.438. The molecule has 124 valence electrons. The topological polar surface area (TPSA) is 87.2 Å². The first-order chi connectivity index (χ1) is 10.8. The second-order valence-electron chi connectivity index (χ2n) is 5.49. The van der Waals surface area contributed by atoms with E-state index in [4.69, 9.17) is 9.84 Å². The SMILES string of the molecule is CC1Oc2ccccc2N(CCC(=O)N(C)C(C)C(=O)O)C1=O. The third kappa shape index (κ3) is 3.44. The predicted octanol–water partition coefficient (Wildman–Crippen LogP) is 1.12. The van der Waals surface area contributed by atoms with Crippen molar-refractivity contribution in [2.75, 3.05) is 18.5 Å². The van der Waals surface area contributed by atoms with Crippen molar-refractivity contribution in [3.63, 3.8) is 0 Å². The lowest BCUT2D eigenvalue weighted by Crippen LogP contribution is -2.47. The monoisotopic (exact) mass is 320 g/mol. The van der Waals surface area contributed by atoms with Crippen molar-refractivity contribution in [3.8, 4) is 5.75 Å². The van der Waals surface area contributed by atoms with Crippen molar-refractivity contribution < 1.29 is 24.2 Å². The smallest absolute Gasteiger partial charge is 0.326 e. The number of ether oxygens (including phenoxy) is 1. The van der Waals surface area contributed by atoms with Crippen LogP contribution >= 0.6 is 0 Å². The first kappa shape index (κ1) is 16.8. The zero-order chi connectivity index (χ0) is 17.1. The van der Waals surface area contributed by atoms with Gasteiger partial charge < -0.3 is 19.6 Å². The van der Waals surface area contributed by atoms with Crippen molar-refractivity contribution in [2.45, 2.75) is 32.4 Å². The lowest BCUT2D eigenvalue weighted by atomic mass is 10.1. The minimum atomic E-state index is -1.07. The summed E-state index contributed by atoms with van der Waals surface area (Å²) in [7, 11) is 1.44. The molecule has 1 aromatic rings. The van der Waals surface area contributed by atoms with Crippen LogP contribution in [0.5, 0.6) is 5.75 Å².